The van der Waals surface area contributed by atoms with Crippen molar-refractivity contribution >= 4 is 35.0 Å². The summed E-state index contributed by atoms with van der Waals surface area (Å²) in [7, 11) is 0. The molecule has 122 valence electrons. The van der Waals surface area contributed by atoms with E-state index in [-0.39, 0.29) is 11.3 Å². The molecule has 1 N–H and O–H groups in total. The SMILES string of the molecule is Cc1ccc(Cl)cc1NC(=O)CSc1ccc(C(C)(C)C)cc1. The highest BCUT2D eigenvalue weighted by molar-refractivity contribution is 8.00. The number of rotatable bonds is 4. The van der Waals surface area contributed by atoms with Crippen LogP contribution in [0.1, 0.15) is 31.9 Å². The van der Waals surface area contributed by atoms with Gasteiger partial charge in [0.15, 0.2) is 0 Å². The topological polar surface area (TPSA) is 29.1 Å². The zero-order valence-corrected chi connectivity index (χ0v) is 15.5. The van der Waals surface area contributed by atoms with Crippen molar-refractivity contribution in [2.75, 3.05) is 11.1 Å². The van der Waals surface area contributed by atoms with Gasteiger partial charge in [-0.2, -0.15) is 0 Å². The number of carbonyl (C=O) groups excluding carboxylic acids is 1. The first-order valence-electron chi connectivity index (χ1n) is 7.55. The summed E-state index contributed by atoms with van der Waals surface area (Å²) in [5.74, 6) is 0.348. The van der Waals surface area contributed by atoms with Crippen LogP contribution in [0.3, 0.4) is 0 Å². The van der Waals surface area contributed by atoms with Crippen molar-refractivity contribution in [1.29, 1.82) is 0 Å². The van der Waals surface area contributed by atoms with E-state index in [1.54, 1.807) is 6.07 Å². The molecule has 0 aliphatic heterocycles. The van der Waals surface area contributed by atoms with Gasteiger partial charge >= 0.3 is 0 Å². The van der Waals surface area contributed by atoms with Crippen molar-refractivity contribution in [3.05, 3.63) is 58.6 Å². The van der Waals surface area contributed by atoms with Crippen LogP contribution >= 0.6 is 23.4 Å². The van der Waals surface area contributed by atoms with Crippen LogP contribution in [0, 0.1) is 6.92 Å². The van der Waals surface area contributed by atoms with Gasteiger partial charge in [0, 0.05) is 15.6 Å². The van der Waals surface area contributed by atoms with E-state index in [1.165, 1.54) is 17.3 Å². The molecule has 0 spiro atoms. The average Bonchev–Trinajstić information content (AvgIpc) is 2.48. The fourth-order valence-electron chi connectivity index (χ4n) is 2.12. The smallest absolute Gasteiger partial charge is 0.234 e. The first-order valence-corrected chi connectivity index (χ1v) is 8.91. The molecule has 2 aromatic rings. The molecule has 2 nitrogen and oxygen atoms in total. The molecule has 0 heterocycles. The lowest BCUT2D eigenvalue weighted by Crippen LogP contribution is -2.15. The summed E-state index contributed by atoms with van der Waals surface area (Å²) in [6.07, 6.45) is 0. The minimum atomic E-state index is -0.0275. The Balaban J connectivity index is 1.93. The second kappa shape index (κ2) is 7.41. The molecule has 0 unspecified atom stereocenters. The van der Waals surface area contributed by atoms with Gasteiger partial charge in [-0.1, -0.05) is 50.6 Å². The van der Waals surface area contributed by atoms with E-state index in [9.17, 15) is 4.79 Å². The molecule has 0 saturated carbocycles. The summed E-state index contributed by atoms with van der Waals surface area (Å²) in [4.78, 5) is 13.2. The third-order valence-corrected chi connectivity index (χ3v) is 4.81. The molecule has 0 fully saturated rings. The quantitative estimate of drug-likeness (QED) is 0.721. The Hall–Kier alpha value is -1.45. The Labute approximate surface area is 147 Å². The molecule has 0 bridgehead atoms. The molecule has 0 saturated heterocycles. The van der Waals surface area contributed by atoms with Crippen molar-refractivity contribution in [3.8, 4) is 0 Å². The Kier molecular flexibility index (Phi) is 5.77. The van der Waals surface area contributed by atoms with Gasteiger partial charge in [0.25, 0.3) is 0 Å². The van der Waals surface area contributed by atoms with Crippen LogP contribution in [0.25, 0.3) is 0 Å². The summed E-state index contributed by atoms with van der Waals surface area (Å²) in [5.41, 5.74) is 3.21. The van der Waals surface area contributed by atoms with Crippen LogP contribution < -0.4 is 5.32 Å². The van der Waals surface area contributed by atoms with Gasteiger partial charge in [-0.15, -0.1) is 11.8 Å². The van der Waals surface area contributed by atoms with Crippen LogP contribution in [0.15, 0.2) is 47.4 Å². The molecule has 0 atom stereocenters. The van der Waals surface area contributed by atoms with E-state index < -0.39 is 0 Å². The highest BCUT2D eigenvalue weighted by Gasteiger charge is 2.13. The Morgan fingerprint density at radius 3 is 2.39 bits per heavy atom. The van der Waals surface area contributed by atoms with Crippen LogP contribution in [-0.2, 0) is 10.2 Å². The molecule has 2 rings (SSSR count). The van der Waals surface area contributed by atoms with Crippen molar-refractivity contribution < 1.29 is 4.79 Å². The zero-order valence-electron chi connectivity index (χ0n) is 13.9. The minimum absolute atomic E-state index is 0.0275. The number of anilines is 1. The number of amides is 1. The first kappa shape index (κ1) is 17.9. The molecule has 2 aromatic carbocycles. The highest BCUT2D eigenvalue weighted by atomic mass is 35.5. The van der Waals surface area contributed by atoms with Gasteiger partial charge in [0.2, 0.25) is 5.91 Å². The van der Waals surface area contributed by atoms with E-state index in [1.807, 2.05) is 19.1 Å². The lowest BCUT2D eigenvalue weighted by Gasteiger charge is -2.19. The summed E-state index contributed by atoms with van der Waals surface area (Å²) in [6.45, 7) is 8.52. The molecule has 0 radical (unpaired) electrons. The predicted octanol–water partition coefficient (Wildman–Crippen LogP) is 5.68. The maximum absolute atomic E-state index is 12.1. The van der Waals surface area contributed by atoms with Gasteiger partial charge in [-0.3, -0.25) is 4.79 Å². The molecule has 1 amide bonds. The Bertz CT molecular complexity index is 690. The molecule has 4 heteroatoms. The highest BCUT2D eigenvalue weighted by Crippen LogP contribution is 2.26. The molecular weight excluding hydrogens is 326 g/mol. The van der Waals surface area contributed by atoms with Crippen molar-refractivity contribution in [2.45, 2.75) is 38.0 Å². The summed E-state index contributed by atoms with van der Waals surface area (Å²) < 4.78 is 0. The van der Waals surface area contributed by atoms with Crippen molar-refractivity contribution in [2.24, 2.45) is 0 Å². The third kappa shape index (κ3) is 5.29. The number of carbonyl (C=O) groups is 1. The Morgan fingerprint density at radius 1 is 1.13 bits per heavy atom. The van der Waals surface area contributed by atoms with Gasteiger partial charge in [0.1, 0.15) is 0 Å². The molecular formula is C19H22ClNOS. The number of aryl methyl sites for hydroxylation is 1. The normalized spacial score (nSPS) is 11.3. The van der Waals surface area contributed by atoms with Gasteiger partial charge < -0.3 is 5.32 Å². The summed E-state index contributed by atoms with van der Waals surface area (Å²) in [6, 6.07) is 13.9. The molecule has 23 heavy (non-hydrogen) atoms. The number of nitrogens with one attached hydrogen (secondary N) is 1. The Morgan fingerprint density at radius 2 is 1.78 bits per heavy atom. The number of hydrogen-bond acceptors (Lipinski definition) is 2. The second-order valence-corrected chi connectivity index (χ2v) is 8.06. The van der Waals surface area contributed by atoms with Crippen molar-refractivity contribution in [3.63, 3.8) is 0 Å². The fourth-order valence-corrected chi connectivity index (χ4v) is 2.99. The van der Waals surface area contributed by atoms with Crippen molar-refractivity contribution in [1.82, 2.24) is 0 Å². The third-order valence-electron chi connectivity index (χ3n) is 3.56. The second-order valence-electron chi connectivity index (χ2n) is 6.57. The molecule has 0 aromatic heterocycles. The molecule has 0 aliphatic rings. The standard InChI is InChI=1S/C19H22ClNOS/c1-13-5-8-15(20)11-17(13)21-18(22)12-23-16-9-6-14(7-10-16)19(2,3)4/h5-11H,12H2,1-4H3,(H,21,22). The van der Waals surface area contributed by atoms with E-state index in [0.717, 1.165) is 16.1 Å². The molecule has 0 aliphatic carbocycles. The monoisotopic (exact) mass is 347 g/mol. The average molecular weight is 348 g/mol. The number of benzene rings is 2. The maximum atomic E-state index is 12.1. The van der Waals surface area contributed by atoms with E-state index >= 15 is 0 Å². The lowest BCUT2D eigenvalue weighted by atomic mass is 9.87. The number of thioether (sulfide) groups is 1. The lowest BCUT2D eigenvalue weighted by molar-refractivity contribution is -0.113. The number of hydrogen-bond donors (Lipinski definition) is 1. The number of halogens is 1. The zero-order chi connectivity index (χ0) is 17.0. The van der Waals surface area contributed by atoms with Crippen LogP contribution in [0.5, 0.6) is 0 Å². The van der Waals surface area contributed by atoms with Crippen LogP contribution in [0.2, 0.25) is 5.02 Å². The van der Waals surface area contributed by atoms with E-state index in [2.05, 4.69) is 50.4 Å². The maximum Gasteiger partial charge on any atom is 0.234 e. The van der Waals surface area contributed by atoms with Crippen LogP contribution in [-0.4, -0.2) is 11.7 Å². The summed E-state index contributed by atoms with van der Waals surface area (Å²) in [5, 5.41) is 3.53. The van der Waals surface area contributed by atoms with Gasteiger partial charge in [-0.25, -0.2) is 0 Å². The largest absolute Gasteiger partial charge is 0.325 e. The van der Waals surface area contributed by atoms with E-state index in [0.29, 0.717) is 10.8 Å². The summed E-state index contributed by atoms with van der Waals surface area (Å²) >= 11 is 7.50. The van der Waals surface area contributed by atoms with Crippen LogP contribution in [0.4, 0.5) is 5.69 Å². The first-order chi connectivity index (χ1) is 10.8. The minimum Gasteiger partial charge on any atom is -0.325 e. The van der Waals surface area contributed by atoms with Gasteiger partial charge in [-0.05, 0) is 47.7 Å². The fraction of sp³-hybridized carbons (Fsp3) is 0.316. The van der Waals surface area contributed by atoms with Gasteiger partial charge in [0.05, 0.1) is 5.75 Å². The predicted molar refractivity (Wildman–Crippen MR) is 101 cm³/mol. The van der Waals surface area contributed by atoms with E-state index in [4.69, 9.17) is 11.6 Å².